The van der Waals surface area contributed by atoms with Crippen molar-refractivity contribution in [2.75, 3.05) is 6.61 Å². The molecule has 2 heterocycles. The zero-order chi connectivity index (χ0) is 18.3. The van der Waals surface area contributed by atoms with Crippen molar-refractivity contribution in [1.82, 2.24) is 9.88 Å². The number of benzene rings is 2. The van der Waals surface area contributed by atoms with Gasteiger partial charge < -0.3 is 9.72 Å². The number of carbonyl (C=O) groups excluding carboxylic acids is 2. The molecule has 0 saturated carbocycles. The molecule has 1 N–H and O–H groups in total. The van der Waals surface area contributed by atoms with Gasteiger partial charge in [-0.2, -0.15) is 0 Å². The molecule has 0 bridgehead atoms. The lowest BCUT2D eigenvalue weighted by Gasteiger charge is -2.19. The third kappa shape index (κ3) is 2.64. The van der Waals surface area contributed by atoms with E-state index in [0.717, 1.165) is 10.5 Å². The minimum Gasteiger partial charge on any atom is -0.446 e. The molecular weight excluding hydrogens is 356 g/mol. The first kappa shape index (κ1) is 16.4. The minimum atomic E-state index is -0.769. The number of fused-ring (bicyclic) bond motifs is 1. The summed E-state index contributed by atoms with van der Waals surface area (Å²) in [6.45, 7) is 0.0475. The predicted molar refractivity (Wildman–Crippen MR) is 96.3 cm³/mol. The maximum atomic E-state index is 13.0. The number of hydrogen-bond acceptors (Lipinski definition) is 4. The smallest absolute Gasteiger partial charge is 0.417 e. The Balaban J connectivity index is 1.79. The Morgan fingerprint density at radius 2 is 1.92 bits per heavy atom. The van der Waals surface area contributed by atoms with Gasteiger partial charge in [0.25, 0.3) is 5.91 Å². The van der Waals surface area contributed by atoms with Crippen molar-refractivity contribution in [3.8, 4) is 0 Å². The maximum Gasteiger partial charge on any atom is 0.417 e. The van der Waals surface area contributed by atoms with Crippen LogP contribution in [-0.2, 0) is 4.74 Å². The zero-order valence-electron chi connectivity index (χ0n) is 13.4. The van der Waals surface area contributed by atoms with Gasteiger partial charge in [-0.1, -0.05) is 41.9 Å². The largest absolute Gasteiger partial charge is 0.446 e. The highest BCUT2D eigenvalue weighted by molar-refractivity contribution is 6.31. The van der Waals surface area contributed by atoms with E-state index in [4.69, 9.17) is 16.3 Å². The number of amides is 2. The normalized spacial score (nSPS) is 16.7. The first-order valence-corrected chi connectivity index (χ1v) is 8.30. The molecule has 2 aromatic carbocycles. The first-order valence-electron chi connectivity index (χ1n) is 7.92. The third-order valence-electron chi connectivity index (χ3n) is 4.35. The summed E-state index contributed by atoms with van der Waals surface area (Å²) >= 11 is 5.95. The van der Waals surface area contributed by atoms with Gasteiger partial charge in [-0.15, -0.1) is 0 Å². The van der Waals surface area contributed by atoms with Crippen LogP contribution in [0.15, 0.2) is 59.5 Å². The molecule has 3 aromatic rings. The molecule has 1 unspecified atom stereocenters. The molecule has 0 radical (unpaired) electrons. The van der Waals surface area contributed by atoms with E-state index in [1.807, 2.05) is 18.2 Å². The fourth-order valence-electron chi connectivity index (χ4n) is 3.05. The third-order valence-corrected chi connectivity index (χ3v) is 4.58. The lowest BCUT2D eigenvalue weighted by molar-refractivity contribution is 0.0772. The monoisotopic (exact) mass is 368 g/mol. The topological polar surface area (TPSA) is 79.5 Å². The van der Waals surface area contributed by atoms with Crippen molar-refractivity contribution in [3.05, 3.63) is 81.1 Å². The van der Waals surface area contributed by atoms with Crippen LogP contribution < -0.4 is 5.43 Å². The lowest BCUT2D eigenvalue weighted by Crippen LogP contribution is -2.37. The van der Waals surface area contributed by atoms with Crippen LogP contribution in [0.3, 0.4) is 0 Å². The number of nitrogens with one attached hydrogen (secondary N) is 1. The second-order valence-electron chi connectivity index (χ2n) is 5.90. The molecule has 26 heavy (non-hydrogen) atoms. The number of ether oxygens (including phenoxy) is 1. The summed E-state index contributed by atoms with van der Waals surface area (Å²) in [6, 6.07) is 13.3. The molecule has 1 aliphatic heterocycles. The van der Waals surface area contributed by atoms with E-state index in [9.17, 15) is 14.4 Å². The minimum absolute atomic E-state index is 0.0475. The lowest BCUT2D eigenvalue weighted by atomic mass is 10.1. The summed E-state index contributed by atoms with van der Waals surface area (Å²) in [7, 11) is 0. The molecule has 130 valence electrons. The highest BCUT2D eigenvalue weighted by atomic mass is 35.5. The summed E-state index contributed by atoms with van der Waals surface area (Å²) in [6.07, 6.45) is 0.545. The summed E-state index contributed by atoms with van der Waals surface area (Å²) in [5.41, 5.74) is 0.684. The number of halogens is 1. The second-order valence-corrected chi connectivity index (χ2v) is 6.34. The summed E-state index contributed by atoms with van der Waals surface area (Å²) in [5, 5.41) is 0.669. The predicted octanol–water partition coefficient (Wildman–Crippen LogP) is 3.52. The summed E-state index contributed by atoms with van der Waals surface area (Å²) in [5.74, 6) is -0.704. The van der Waals surface area contributed by atoms with Gasteiger partial charge in [-0.05, 0) is 23.8 Å². The van der Waals surface area contributed by atoms with Crippen LogP contribution in [0.2, 0.25) is 5.02 Å². The number of pyridine rings is 1. The van der Waals surface area contributed by atoms with Crippen LogP contribution in [0.1, 0.15) is 22.0 Å². The fraction of sp³-hybridized carbons (Fsp3) is 0.105. The van der Waals surface area contributed by atoms with Gasteiger partial charge >= 0.3 is 6.09 Å². The Bertz CT molecular complexity index is 1080. The number of rotatable bonds is 2. The van der Waals surface area contributed by atoms with E-state index in [-0.39, 0.29) is 17.6 Å². The zero-order valence-corrected chi connectivity index (χ0v) is 14.2. The van der Waals surface area contributed by atoms with Crippen LogP contribution in [-0.4, -0.2) is 28.5 Å². The van der Waals surface area contributed by atoms with Crippen molar-refractivity contribution in [2.24, 2.45) is 0 Å². The van der Waals surface area contributed by atoms with Crippen molar-refractivity contribution >= 4 is 34.5 Å². The molecule has 2 amide bonds. The molecule has 1 aromatic heterocycles. The summed E-state index contributed by atoms with van der Waals surface area (Å²) in [4.78, 5) is 41.7. The molecule has 7 heteroatoms. The van der Waals surface area contributed by atoms with Gasteiger partial charge in [0, 0.05) is 22.1 Å². The van der Waals surface area contributed by atoms with Crippen molar-refractivity contribution < 1.29 is 14.3 Å². The number of hydrogen-bond donors (Lipinski definition) is 1. The van der Waals surface area contributed by atoms with Crippen LogP contribution in [0, 0.1) is 0 Å². The molecule has 4 rings (SSSR count). The molecule has 1 aliphatic rings. The SMILES string of the molecule is O=C1OCC(c2ccccc2)N1C(=O)c1c[nH]c2ccc(Cl)cc2c1=O. The Morgan fingerprint density at radius 1 is 1.15 bits per heavy atom. The van der Waals surface area contributed by atoms with E-state index in [2.05, 4.69) is 4.98 Å². The number of aromatic amines is 1. The Morgan fingerprint density at radius 3 is 2.69 bits per heavy atom. The molecule has 1 atom stereocenters. The van der Waals surface area contributed by atoms with Crippen molar-refractivity contribution in [3.63, 3.8) is 0 Å². The molecule has 0 aliphatic carbocycles. The van der Waals surface area contributed by atoms with Gasteiger partial charge in [0.1, 0.15) is 18.2 Å². The average molecular weight is 369 g/mol. The average Bonchev–Trinajstić information content (AvgIpc) is 3.04. The van der Waals surface area contributed by atoms with Crippen LogP contribution in [0.25, 0.3) is 10.9 Å². The second kappa shape index (κ2) is 6.31. The molecule has 6 nitrogen and oxygen atoms in total. The number of aromatic nitrogens is 1. The van der Waals surface area contributed by atoms with Gasteiger partial charge in [0.2, 0.25) is 5.43 Å². The number of carbonyl (C=O) groups is 2. The van der Waals surface area contributed by atoms with Crippen LogP contribution >= 0.6 is 11.6 Å². The number of nitrogens with zero attached hydrogens (tertiary/aromatic N) is 1. The van der Waals surface area contributed by atoms with Gasteiger partial charge in [0.05, 0.1) is 0 Å². The van der Waals surface area contributed by atoms with E-state index >= 15 is 0 Å². The van der Waals surface area contributed by atoms with Gasteiger partial charge in [-0.3, -0.25) is 9.59 Å². The van der Waals surface area contributed by atoms with Crippen molar-refractivity contribution in [1.29, 1.82) is 0 Å². The number of cyclic esters (lactones) is 1. The van der Waals surface area contributed by atoms with E-state index < -0.39 is 23.5 Å². The Hall–Kier alpha value is -3.12. The van der Waals surface area contributed by atoms with Crippen LogP contribution in [0.4, 0.5) is 4.79 Å². The Labute approximate surface area is 153 Å². The first-order chi connectivity index (χ1) is 12.6. The quantitative estimate of drug-likeness (QED) is 0.750. The molecule has 1 fully saturated rings. The van der Waals surface area contributed by atoms with Gasteiger partial charge in [0.15, 0.2) is 0 Å². The van der Waals surface area contributed by atoms with Gasteiger partial charge in [-0.25, -0.2) is 9.69 Å². The molecular formula is C19H13ClN2O4. The highest BCUT2D eigenvalue weighted by Crippen LogP contribution is 2.29. The fourth-order valence-corrected chi connectivity index (χ4v) is 3.22. The molecule has 1 saturated heterocycles. The summed E-state index contributed by atoms with van der Waals surface area (Å²) < 4.78 is 5.05. The van der Waals surface area contributed by atoms with E-state index in [1.165, 1.54) is 12.3 Å². The number of imide groups is 1. The molecule has 0 spiro atoms. The standard InChI is InChI=1S/C19H13ClN2O4/c20-12-6-7-15-13(8-12)17(23)14(9-21-15)18(24)22-16(10-26-19(22)25)11-4-2-1-3-5-11/h1-9,16H,10H2,(H,21,23). The maximum absolute atomic E-state index is 13.0. The Kier molecular flexibility index (Phi) is 3.97. The van der Waals surface area contributed by atoms with Crippen molar-refractivity contribution in [2.45, 2.75) is 6.04 Å². The van der Waals surface area contributed by atoms with E-state index in [1.54, 1.807) is 24.3 Å². The highest BCUT2D eigenvalue weighted by Gasteiger charge is 2.40. The van der Waals surface area contributed by atoms with Crippen LogP contribution in [0.5, 0.6) is 0 Å². The number of H-pyrrole nitrogens is 1. The van der Waals surface area contributed by atoms with E-state index in [0.29, 0.717) is 10.5 Å².